The third-order valence-corrected chi connectivity index (χ3v) is 3.43. The summed E-state index contributed by atoms with van der Waals surface area (Å²) in [5.74, 6) is 0.608. The predicted molar refractivity (Wildman–Crippen MR) is 89.5 cm³/mol. The second-order valence-electron chi connectivity index (χ2n) is 4.53. The van der Waals surface area contributed by atoms with Gasteiger partial charge in [0.2, 0.25) is 0 Å². The van der Waals surface area contributed by atoms with E-state index in [4.69, 9.17) is 15.2 Å². The lowest BCUT2D eigenvalue weighted by Crippen LogP contribution is -2.03. The number of rotatable bonds is 8. The van der Waals surface area contributed by atoms with Crippen LogP contribution in [0.1, 0.15) is 5.56 Å². The summed E-state index contributed by atoms with van der Waals surface area (Å²) in [6, 6.07) is 7.94. The number of nitrogens with zero attached hydrogens (tertiary/aromatic N) is 2. The van der Waals surface area contributed by atoms with Crippen LogP contribution in [0.25, 0.3) is 0 Å². The highest BCUT2D eigenvalue weighted by molar-refractivity contribution is 7.98. The van der Waals surface area contributed by atoms with E-state index in [1.165, 1.54) is 11.8 Å². The molecule has 7 heteroatoms. The second-order valence-corrected chi connectivity index (χ2v) is 5.30. The van der Waals surface area contributed by atoms with Gasteiger partial charge >= 0.3 is 0 Å². The molecule has 0 bridgehead atoms. The van der Waals surface area contributed by atoms with Crippen molar-refractivity contribution in [2.24, 2.45) is 0 Å². The average molecular weight is 320 g/mol. The molecule has 2 aromatic rings. The number of benzene rings is 1. The van der Waals surface area contributed by atoms with E-state index in [2.05, 4.69) is 15.3 Å². The van der Waals surface area contributed by atoms with Crippen molar-refractivity contribution in [3.05, 3.63) is 36.0 Å². The first-order valence-electron chi connectivity index (χ1n) is 6.82. The fourth-order valence-corrected chi connectivity index (χ4v) is 2.12. The maximum Gasteiger partial charge on any atom is 0.189 e. The molecule has 22 heavy (non-hydrogen) atoms. The van der Waals surface area contributed by atoms with E-state index in [0.717, 1.165) is 11.3 Å². The number of ether oxygens (including phenoxy) is 2. The van der Waals surface area contributed by atoms with Crippen molar-refractivity contribution in [3.63, 3.8) is 0 Å². The van der Waals surface area contributed by atoms with Gasteiger partial charge in [0.1, 0.15) is 0 Å². The van der Waals surface area contributed by atoms with E-state index in [0.29, 0.717) is 36.5 Å². The lowest BCUT2D eigenvalue weighted by atomic mass is 10.2. The number of methoxy groups -OCH3 is 1. The van der Waals surface area contributed by atoms with Crippen LogP contribution in [0, 0.1) is 0 Å². The zero-order chi connectivity index (χ0) is 15.8. The van der Waals surface area contributed by atoms with Crippen molar-refractivity contribution in [3.8, 4) is 0 Å². The zero-order valence-electron chi connectivity index (χ0n) is 12.7. The van der Waals surface area contributed by atoms with Crippen LogP contribution >= 0.6 is 11.8 Å². The highest BCUT2D eigenvalue weighted by Crippen LogP contribution is 2.23. The third kappa shape index (κ3) is 4.87. The minimum absolute atomic E-state index is 0.513. The quantitative estimate of drug-likeness (QED) is 0.439. The largest absolute Gasteiger partial charge is 0.394 e. The van der Waals surface area contributed by atoms with Crippen LogP contribution in [0.4, 0.5) is 17.2 Å². The molecule has 0 saturated carbocycles. The maximum absolute atomic E-state index is 5.91. The molecular weight excluding hydrogens is 300 g/mol. The van der Waals surface area contributed by atoms with Crippen molar-refractivity contribution >= 4 is 29.0 Å². The van der Waals surface area contributed by atoms with Crippen LogP contribution in [0.2, 0.25) is 0 Å². The molecule has 3 N–H and O–H groups in total. The van der Waals surface area contributed by atoms with Crippen molar-refractivity contribution < 1.29 is 9.47 Å². The molecule has 0 spiro atoms. The summed E-state index contributed by atoms with van der Waals surface area (Å²) in [7, 11) is 1.66. The summed E-state index contributed by atoms with van der Waals surface area (Å²) in [6.45, 7) is 1.70. The van der Waals surface area contributed by atoms with Gasteiger partial charge in [-0.25, -0.2) is 9.97 Å². The minimum atomic E-state index is 0.513. The molecule has 0 fully saturated rings. The molecule has 1 aromatic carbocycles. The van der Waals surface area contributed by atoms with Crippen LogP contribution in [0.15, 0.2) is 35.6 Å². The van der Waals surface area contributed by atoms with E-state index in [-0.39, 0.29) is 0 Å². The highest BCUT2D eigenvalue weighted by atomic mass is 32.2. The first-order chi connectivity index (χ1) is 10.7. The topological polar surface area (TPSA) is 82.3 Å². The Labute approximate surface area is 134 Å². The van der Waals surface area contributed by atoms with Gasteiger partial charge in [0.15, 0.2) is 11.0 Å². The highest BCUT2D eigenvalue weighted by Gasteiger charge is 2.05. The fraction of sp³-hybridized carbons (Fsp3) is 0.333. The number of anilines is 3. The van der Waals surface area contributed by atoms with Gasteiger partial charge in [0.25, 0.3) is 0 Å². The van der Waals surface area contributed by atoms with Gasteiger partial charge in [0, 0.05) is 12.8 Å². The van der Waals surface area contributed by atoms with Crippen molar-refractivity contribution in [1.82, 2.24) is 9.97 Å². The molecule has 0 unspecified atom stereocenters. The van der Waals surface area contributed by atoms with Gasteiger partial charge in [-0.3, -0.25) is 0 Å². The number of nitrogens with one attached hydrogen (secondary N) is 1. The van der Waals surface area contributed by atoms with E-state index in [1.807, 2.05) is 30.5 Å². The van der Waals surface area contributed by atoms with E-state index in [9.17, 15) is 0 Å². The molecule has 1 heterocycles. The Morgan fingerprint density at radius 2 is 2.18 bits per heavy atom. The Bertz CT molecular complexity index is 610. The van der Waals surface area contributed by atoms with Gasteiger partial charge in [0.05, 0.1) is 31.7 Å². The SMILES string of the molecule is COCCOCc1cccc(Nc2nc(SC)ncc2N)c1. The van der Waals surface area contributed by atoms with Gasteiger partial charge in [-0.2, -0.15) is 0 Å². The first kappa shape index (κ1) is 16.5. The molecule has 118 valence electrons. The number of hydrogen-bond acceptors (Lipinski definition) is 7. The number of aromatic nitrogens is 2. The van der Waals surface area contributed by atoms with Gasteiger partial charge in [-0.05, 0) is 24.0 Å². The van der Waals surface area contributed by atoms with Crippen molar-refractivity contribution in [2.45, 2.75) is 11.8 Å². The lowest BCUT2D eigenvalue weighted by Gasteiger charge is -2.10. The van der Waals surface area contributed by atoms with Crippen LogP contribution in [0.5, 0.6) is 0 Å². The summed E-state index contributed by atoms with van der Waals surface area (Å²) in [5, 5.41) is 3.90. The molecule has 0 aliphatic carbocycles. The Hall–Kier alpha value is -1.83. The second kappa shape index (κ2) is 8.57. The Morgan fingerprint density at radius 3 is 2.95 bits per heavy atom. The fourth-order valence-electron chi connectivity index (χ4n) is 1.78. The summed E-state index contributed by atoms with van der Waals surface area (Å²) < 4.78 is 10.5. The third-order valence-electron chi connectivity index (χ3n) is 2.87. The Balaban J connectivity index is 2.03. The van der Waals surface area contributed by atoms with Crippen LogP contribution in [-0.4, -0.2) is 36.5 Å². The molecule has 6 nitrogen and oxygen atoms in total. The Kier molecular flexibility index (Phi) is 6.45. The van der Waals surface area contributed by atoms with Gasteiger partial charge in [-0.1, -0.05) is 23.9 Å². The van der Waals surface area contributed by atoms with Crippen LogP contribution < -0.4 is 11.1 Å². The van der Waals surface area contributed by atoms with Crippen LogP contribution in [-0.2, 0) is 16.1 Å². The lowest BCUT2D eigenvalue weighted by molar-refractivity contribution is 0.0617. The molecule has 0 aliphatic rings. The van der Waals surface area contributed by atoms with Gasteiger partial charge in [-0.15, -0.1) is 0 Å². The predicted octanol–water partition coefficient (Wildman–Crippen LogP) is 2.69. The molecular formula is C15H20N4O2S. The summed E-state index contributed by atoms with van der Waals surface area (Å²) in [4.78, 5) is 8.50. The normalized spacial score (nSPS) is 10.6. The summed E-state index contributed by atoms with van der Waals surface area (Å²) >= 11 is 1.47. The maximum atomic E-state index is 5.91. The van der Waals surface area contributed by atoms with Gasteiger partial charge < -0.3 is 20.5 Å². The van der Waals surface area contributed by atoms with E-state index in [1.54, 1.807) is 13.3 Å². The Morgan fingerprint density at radius 1 is 1.32 bits per heavy atom. The molecule has 0 radical (unpaired) electrons. The number of nitrogen functional groups attached to an aromatic ring is 1. The van der Waals surface area contributed by atoms with Crippen LogP contribution in [0.3, 0.4) is 0 Å². The van der Waals surface area contributed by atoms with Crippen molar-refractivity contribution in [1.29, 1.82) is 0 Å². The molecule has 0 amide bonds. The number of thioether (sulfide) groups is 1. The molecule has 2 rings (SSSR count). The molecule has 0 aliphatic heterocycles. The number of hydrogen-bond donors (Lipinski definition) is 2. The summed E-state index contributed by atoms with van der Waals surface area (Å²) in [6.07, 6.45) is 3.53. The monoisotopic (exact) mass is 320 g/mol. The first-order valence-corrected chi connectivity index (χ1v) is 8.04. The molecule has 0 saturated heterocycles. The zero-order valence-corrected chi connectivity index (χ0v) is 13.5. The molecule has 0 atom stereocenters. The smallest absolute Gasteiger partial charge is 0.189 e. The van der Waals surface area contributed by atoms with E-state index >= 15 is 0 Å². The summed E-state index contributed by atoms with van der Waals surface area (Å²) in [5.41, 5.74) is 8.40. The average Bonchev–Trinajstić information content (AvgIpc) is 2.54. The van der Waals surface area contributed by atoms with E-state index < -0.39 is 0 Å². The van der Waals surface area contributed by atoms with Crippen molar-refractivity contribution in [2.75, 3.05) is 37.6 Å². The standard InChI is InChI=1S/C15H20N4O2S/c1-20-6-7-21-10-11-4-3-5-12(8-11)18-14-13(16)9-17-15(19-14)22-2/h3-5,8-9H,6-7,10,16H2,1-2H3,(H,17,18,19). The minimum Gasteiger partial charge on any atom is -0.394 e. The number of nitrogens with two attached hydrogens (primary N) is 1. The molecule has 1 aromatic heterocycles.